The van der Waals surface area contributed by atoms with Gasteiger partial charge in [0.05, 0.1) is 39.7 Å². The summed E-state index contributed by atoms with van der Waals surface area (Å²) in [4.78, 5) is 45.3. The van der Waals surface area contributed by atoms with Crippen molar-refractivity contribution in [2.24, 2.45) is 0 Å². The average molecular weight is 509 g/mol. The van der Waals surface area contributed by atoms with Crippen molar-refractivity contribution in [3.05, 3.63) is 52.5 Å². The summed E-state index contributed by atoms with van der Waals surface area (Å²) >= 11 is 6.22. The van der Waals surface area contributed by atoms with E-state index in [0.29, 0.717) is 17.4 Å². The highest BCUT2D eigenvalue weighted by atomic mass is 35.5. The summed E-state index contributed by atoms with van der Waals surface area (Å²) < 4.78 is 40.4. The minimum absolute atomic E-state index is 0.0973. The number of rotatable bonds is 6. The van der Waals surface area contributed by atoms with Gasteiger partial charge in [0.25, 0.3) is 5.91 Å². The molecule has 0 unspecified atom stereocenters. The van der Waals surface area contributed by atoms with E-state index in [1.54, 1.807) is 13.8 Å². The standard InChI is InChI=1S/C23H20ClF3N4O4/c1-13(2)35-29(12-32)19-10-16(7-8-18(19)24)31-21(34)30(20(33)22(31,3)4)15-6-5-14(11-28)17(9-15)23(25,26)27/h5-10,12-13H,1-4H3. The molecule has 2 aromatic carbocycles. The lowest BCUT2D eigenvalue weighted by molar-refractivity contribution is -0.137. The lowest BCUT2D eigenvalue weighted by atomic mass is 10.0. The number of carbonyl (C=O) groups excluding carboxylic acids is 3. The maximum absolute atomic E-state index is 13.5. The first-order valence-corrected chi connectivity index (χ1v) is 10.6. The zero-order valence-electron chi connectivity index (χ0n) is 19.1. The maximum Gasteiger partial charge on any atom is 0.417 e. The molecule has 0 bridgehead atoms. The van der Waals surface area contributed by atoms with Crippen molar-refractivity contribution in [2.45, 2.75) is 45.5 Å². The molecular weight excluding hydrogens is 489 g/mol. The Morgan fingerprint density at radius 2 is 1.77 bits per heavy atom. The Morgan fingerprint density at radius 3 is 2.31 bits per heavy atom. The summed E-state index contributed by atoms with van der Waals surface area (Å²) in [5.74, 6) is -0.789. The topological polar surface area (TPSA) is 93.9 Å². The number of amides is 4. The second kappa shape index (κ2) is 9.20. The van der Waals surface area contributed by atoms with Gasteiger partial charge in [0.2, 0.25) is 6.41 Å². The SMILES string of the molecule is CC(C)ON(C=O)c1cc(N2C(=O)N(c3ccc(C#N)c(C(F)(F)F)c3)C(=O)C2(C)C)ccc1Cl. The van der Waals surface area contributed by atoms with Crippen LogP contribution in [-0.2, 0) is 20.6 Å². The first-order valence-electron chi connectivity index (χ1n) is 10.2. The quantitative estimate of drug-likeness (QED) is 0.300. The van der Waals surface area contributed by atoms with E-state index in [1.165, 1.54) is 38.1 Å². The van der Waals surface area contributed by atoms with Crippen molar-refractivity contribution >= 4 is 47.0 Å². The Labute approximate surface area is 204 Å². The second-order valence-electron chi connectivity index (χ2n) is 8.38. The minimum Gasteiger partial charge on any atom is -0.279 e. The number of hydrogen-bond acceptors (Lipinski definition) is 5. The minimum atomic E-state index is -4.87. The predicted molar refractivity (Wildman–Crippen MR) is 122 cm³/mol. The molecule has 0 radical (unpaired) electrons. The monoisotopic (exact) mass is 508 g/mol. The lowest BCUT2D eigenvalue weighted by Crippen LogP contribution is -2.44. The molecule has 1 aliphatic rings. The molecule has 1 aliphatic heterocycles. The summed E-state index contributed by atoms with van der Waals surface area (Å²) in [7, 11) is 0. The van der Waals surface area contributed by atoms with Gasteiger partial charge in [-0.05, 0) is 64.1 Å². The van der Waals surface area contributed by atoms with Gasteiger partial charge >= 0.3 is 12.2 Å². The van der Waals surface area contributed by atoms with Crippen molar-refractivity contribution in [1.29, 1.82) is 5.26 Å². The maximum atomic E-state index is 13.5. The van der Waals surface area contributed by atoms with Gasteiger partial charge < -0.3 is 0 Å². The zero-order chi connectivity index (χ0) is 26.3. The number of nitrogens with zero attached hydrogens (tertiary/aromatic N) is 4. The number of alkyl halides is 3. The Morgan fingerprint density at radius 1 is 1.14 bits per heavy atom. The molecule has 2 aromatic rings. The number of hydrogen-bond donors (Lipinski definition) is 0. The Balaban J connectivity index is 2.11. The number of halogens is 4. The van der Waals surface area contributed by atoms with Crippen LogP contribution in [0.3, 0.4) is 0 Å². The second-order valence-corrected chi connectivity index (χ2v) is 8.79. The molecule has 0 aliphatic carbocycles. The molecule has 0 N–H and O–H groups in total. The molecule has 1 fully saturated rings. The van der Waals surface area contributed by atoms with Gasteiger partial charge in [0.15, 0.2) is 0 Å². The number of anilines is 3. The number of carbonyl (C=O) groups is 3. The fourth-order valence-corrected chi connectivity index (χ4v) is 3.83. The molecule has 0 saturated carbocycles. The molecule has 0 aromatic heterocycles. The van der Waals surface area contributed by atoms with Gasteiger partial charge in [-0.25, -0.2) is 9.69 Å². The normalized spacial score (nSPS) is 15.5. The third-order valence-electron chi connectivity index (χ3n) is 5.20. The summed E-state index contributed by atoms with van der Waals surface area (Å²) in [6.45, 7) is 6.23. The Kier molecular flexibility index (Phi) is 6.83. The van der Waals surface area contributed by atoms with Gasteiger partial charge in [-0.3, -0.25) is 19.3 Å². The van der Waals surface area contributed by atoms with Crippen LogP contribution in [0.15, 0.2) is 36.4 Å². The Hall–Kier alpha value is -3.62. The van der Waals surface area contributed by atoms with Crippen molar-refractivity contribution in [2.75, 3.05) is 14.9 Å². The van der Waals surface area contributed by atoms with E-state index in [2.05, 4.69) is 0 Å². The molecule has 4 amide bonds. The van der Waals surface area contributed by atoms with Crippen LogP contribution in [0.1, 0.15) is 38.8 Å². The number of nitriles is 1. The summed E-state index contributed by atoms with van der Waals surface area (Å²) in [5.41, 5.74) is -3.51. The van der Waals surface area contributed by atoms with Crippen LogP contribution >= 0.6 is 11.6 Å². The molecule has 1 saturated heterocycles. The van der Waals surface area contributed by atoms with Crippen LogP contribution in [0.25, 0.3) is 0 Å². The van der Waals surface area contributed by atoms with Gasteiger partial charge in [-0.2, -0.15) is 23.5 Å². The molecule has 8 nitrogen and oxygen atoms in total. The molecule has 12 heteroatoms. The van der Waals surface area contributed by atoms with Crippen molar-refractivity contribution in [3.8, 4) is 6.07 Å². The molecule has 1 heterocycles. The van der Waals surface area contributed by atoms with Crippen molar-refractivity contribution < 1.29 is 32.4 Å². The molecule has 0 atom stereocenters. The largest absolute Gasteiger partial charge is 0.417 e. The zero-order valence-corrected chi connectivity index (χ0v) is 19.8. The number of benzene rings is 2. The van der Waals surface area contributed by atoms with E-state index < -0.39 is 34.8 Å². The third-order valence-corrected chi connectivity index (χ3v) is 5.52. The van der Waals surface area contributed by atoms with Crippen LogP contribution in [0.4, 0.5) is 35.0 Å². The van der Waals surface area contributed by atoms with E-state index in [9.17, 15) is 27.6 Å². The van der Waals surface area contributed by atoms with Crippen molar-refractivity contribution in [1.82, 2.24) is 0 Å². The van der Waals surface area contributed by atoms with E-state index in [1.807, 2.05) is 0 Å². The van der Waals surface area contributed by atoms with Gasteiger partial charge in [-0.15, -0.1) is 0 Å². The highest BCUT2D eigenvalue weighted by Crippen LogP contribution is 2.41. The first-order chi connectivity index (χ1) is 16.2. The van der Waals surface area contributed by atoms with Gasteiger partial charge in [0, 0.05) is 5.69 Å². The Bertz CT molecular complexity index is 1240. The summed E-state index contributed by atoms with van der Waals surface area (Å²) in [5, 5.41) is 10.0. The summed E-state index contributed by atoms with van der Waals surface area (Å²) in [6.07, 6.45) is -4.88. The van der Waals surface area contributed by atoms with Crippen LogP contribution in [0, 0.1) is 11.3 Å². The third kappa shape index (κ3) is 4.67. The van der Waals surface area contributed by atoms with Gasteiger partial charge in [-0.1, -0.05) is 11.6 Å². The van der Waals surface area contributed by atoms with Crippen LogP contribution in [0.2, 0.25) is 5.02 Å². The fourth-order valence-electron chi connectivity index (χ4n) is 3.63. The molecule has 184 valence electrons. The van der Waals surface area contributed by atoms with Crippen molar-refractivity contribution in [3.63, 3.8) is 0 Å². The highest BCUT2D eigenvalue weighted by molar-refractivity contribution is 6.34. The average Bonchev–Trinajstić information content (AvgIpc) is 2.95. The first kappa shape index (κ1) is 26.0. The summed E-state index contributed by atoms with van der Waals surface area (Å²) in [6, 6.07) is 7.31. The highest BCUT2D eigenvalue weighted by Gasteiger charge is 2.53. The number of imide groups is 1. The van der Waals surface area contributed by atoms with Crippen LogP contribution in [0.5, 0.6) is 0 Å². The number of urea groups is 1. The van der Waals surface area contributed by atoms with E-state index in [0.717, 1.165) is 22.1 Å². The molecule has 0 spiro atoms. The van der Waals surface area contributed by atoms with Crippen LogP contribution < -0.4 is 14.9 Å². The van der Waals surface area contributed by atoms with E-state index in [4.69, 9.17) is 21.7 Å². The fraction of sp³-hybridized carbons (Fsp3) is 0.304. The van der Waals surface area contributed by atoms with Gasteiger partial charge in [0.1, 0.15) is 5.54 Å². The smallest absolute Gasteiger partial charge is 0.279 e. The van der Waals surface area contributed by atoms with E-state index >= 15 is 0 Å². The molecular formula is C23H20ClF3N4O4. The van der Waals surface area contributed by atoms with Crippen LogP contribution in [-0.4, -0.2) is 30.0 Å². The molecule has 3 rings (SSSR count). The van der Waals surface area contributed by atoms with E-state index in [-0.39, 0.29) is 28.2 Å². The number of hydroxylamine groups is 1. The predicted octanol–water partition coefficient (Wildman–Crippen LogP) is 5.29. The molecule has 35 heavy (non-hydrogen) atoms. The lowest BCUT2D eigenvalue weighted by Gasteiger charge is -2.29.